The molecule has 2 fully saturated rings. The summed E-state index contributed by atoms with van der Waals surface area (Å²) in [6.45, 7) is 0. The number of phenolic OH excluding ortho intramolecular Hbond substituents is 1. The van der Waals surface area contributed by atoms with E-state index in [0.717, 1.165) is 11.8 Å². The third-order valence-electron chi connectivity index (χ3n) is 4.35. The summed E-state index contributed by atoms with van der Waals surface area (Å²) in [5.74, 6) is 2.12. The highest BCUT2D eigenvalue weighted by Crippen LogP contribution is 2.47. The Kier molecular flexibility index (Phi) is 3.23. The minimum Gasteiger partial charge on any atom is -0.508 e. The first-order valence-corrected chi connectivity index (χ1v) is 6.85. The molecule has 0 aromatic heterocycles. The Balaban J connectivity index is 1.54. The number of aromatic hydroxyl groups is 1. The highest BCUT2D eigenvalue weighted by molar-refractivity contribution is 5.94. The van der Waals surface area contributed by atoms with Crippen molar-refractivity contribution in [2.24, 2.45) is 22.9 Å². The average Bonchev–Trinajstić information content (AvgIpc) is 3.02. The molecule has 2 aliphatic rings. The zero-order valence-electron chi connectivity index (χ0n) is 10.7. The van der Waals surface area contributed by atoms with Gasteiger partial charge in [0, 0.05) is 11.8 Å². The molecule has 2 saturated carbocycles. The molecule has 2 aliphatic carbocycles. The first-order chi connectivity index (χ1) is 9.22. The number of phenols is 1. The van der Waals surface area contributed by atoms with E-state index >= 15 is 0 Å². The fourth-order valence-electron chi connectivity index (χ4n) is 3.35. The lowest BCUT2D eigenvalue weighted by atomic mass is 9.90. The molecule has 0 spiro atoms. The number of rotatable bonds is 3. The van der Waals surface area contributed by atoms with Gasteiger partial charge in [0.25, 0.3) is 5.91 Å². The van der Waals surface area contributed by atoms with Crippen LogP contribution >= 0.6 is 0 Å². The molecule has 1 aromatic carbocycles. The maximum Gasteiger partial charge on any atom is 0.271 e. The Morgan fingerprint density at radius 1 is 1.26 bits per heavy atom. The van der Waals surface area contributed by atoms with Crippen LogP contribution in [0.4, 0.5) is 0 Å². The molecule has 3 rings (SSSR count). The van der Waals surface area contributed by atoms with Crippen LogP contribution in [-0.2, 0) is 0 Å². The molecule has 4 nitrogen and oxygen atoms in total. The molecule has 0 aliphatic heterocycles. The van der Waals surface area contributed by atoms with Crippen LogP contribution in [0.3, 0.4) is 0 Å². The van der Waals surface area contributed by atoms with Crippen LogP contribution in [0.15, 0.2) is 29.4 Å². The van der Waals surface area contributed by atoms with Crippen LogP contribution in [0.5, 0.6) is 5.75 Å². The molecule has 19 heavy (non-hydrogen) atoms. The smallest absolute Gasteiger partial charge is 0.271 e. The van der Waals surface area contributed by atoms with Gasteiger partial charge in [0.15, 0.2) is 0 Å². The molecule has 1 amide bonds. The summed E-state index contributed by atoms with van der Waals surface area (Å²) in [7, 11) is 0. The second-order valence-electron chi connectivity index (χ2n) is 5.60. The number of nitrogens with one attached hydrogen (secondary N) is 1. The number of benzene rings is 1. The number of hydrogen-bond donors (Lipinski definition) is 2. The van der Waals surface area contributed by atoms with Crippen molar-refractivity contribution < 1.29 is 9.90 Å². The van der Waals surface area contributed by atoms with Gasteiger partial charge in [-0.2, -0.15) is 5.10 Å². The van der Waals surface area contributed by atoms with Crippen molar-refractivity contribution in [3.05, 3.63) is 29.8 Å². The van der Waals surface area contributed by atoms with E-state index in [9.17, 15) is 4.79 Å². The summed E-state index contributed by atoms with van der Waals surface area (Å²) >= 11 is 0. The summed E-state index contributed by atoms with van der Waals surface area (Å²) < 4.78 is 0. The average molecular weight is 258 g/mol. The number of carbonyl (C=O) groups excluding carboxylic acids is 1. The van der Waals surface area contributed by atoms with Crippen molar-refractivity contribution in [2.45, 2.75) is 25.7 Å². The summed E-state index contributed by atoms with van der Waals surface area (Å²) in [6.07, 6.45) is 7.15. The number of hydrazone groups is 1. The standard InChI is InChI=1S/C15H18N2O2/c18-14-5-3-11(4-6-14)15(19)17-16-9-13-8-10-1-2-12(13)7-10/h3-6,9-10,12-13,18H,1-2,7-8H2,(H,17,19). The van der Waals surface area contributed by atoms with Gasteiger partial charge in [0.05, 0.1) is 0 Å². The third-order valence-corrected chi connectivity index (χ3v) is 4.35. The van der Waals surface area contributed by atoms with Crippen molar-refractivity contribution in [2.75, 3.05) is 0 Å². The molecule has 100 valence electrons. The highest BCUT2D eigenvalue weighted by Gasteiger charge is 2.38. The molecule has 4 heteroatoms. The lowest BCUT2D eigenvalue weighted by molar-refractivity contribution is 0.0955. The van der Waals surface area contributed by atoms with Gasteiger partial charge in [-0.3, -0.25) is 4.79 Å². The maximum atomic E-state index is 11.8. The normalized spacial score (nSPS) is 28.9. The Morgan fingerprint density at radius 2 is 2.05 bits per heavy atom. The van der Waals surface area contributed by atoms with Gasteiger partial charge < -0.3 is 5.11 Å². The number of amides is 1. The van der Waals surface area contributed by atoms with E-state index < -0.39 is 0 Å². The summed E-state index contributed by atoms with van der Waals surface area (Å²) in [6, 6.07) is 6.15. The van der Waals surface area contributed by atoms with Gasteiger partial charge >= 0.3 is 0 Å². The third kappa shape index (κ3) is 2.62. The van der Waals surface area contributed by atoms with Crippen LogP contribution in [0.25, 0.3) is 0 Å². The lowest BCUT2D eigenvalue weighted by Crippen LogP contribution is -2.20. The van der Waals surface area contributed by atoms with Crippen LogP contribution in [0.2, 0.25) is 0 Å². The molecule has 0 saturated heterocycles. The Labute approximate surface area is 112 Å². The summed E-state index contributed by atoms with van der Waals surface area (Å²) in [4.78, 5) is 11.8. The van der Waals surface area contributed by atoms with Crippen LogP contribution < -0.4 is 5.43 Å². The molecule has 2 N–H and O–H groups in total. The molecule has 2 bridgehead atoms. The van der Waals surface area contributed by atoms with Crippen molar-refractivity contribution in [1.29, 1.82) is 0 Å². The van der Waals surface area contributed by atoms with Crippen molar-refractivity contribution >= 4 is 12.1 Å². The van der Waals surface area contributed by atoms with Gasteiger partial charge in [0.1, 0.15) is 5.75 Å². The van der Waals surface area contributed by atoms with E-state index in [1.807, 2.05) is 6.21 Å². The zero-order chi connectivity index (χ0) is 13.2. The summed E-state index contributed by atoms with van der Waals surface area (Å²) in [5.41, 5.74) is 3.06. The second-order valence-corrected chi connectivity index (χ2v) is 5.60. The monoisotopic (exact) mass is 258 g/mol. The predicted octanol–water partition coefficient (Wildman–Crippen LogP) is 2.54. The van der Waals surface area contributed by atoms with E-state index in [0.29, 0.717) is 11.5 Å². The van der Waals surface area contributed by atoms with Crippen LogP contribution in [0, 0.1) is 17.8 Å². The zero-order valence-corrected chi connectivity index (χ0v) is 10.7. The minimum absolute atomic E-state index is 0.155. The van der Waals surface area contributed by atoms with E-state index in [1.54, 1.807) is 12.1 Å². The van der Waals surface area contributed by atoms with E-state index in [4.69, 9.17) is 5.11 Å². The first-order valence-electron chi connectivity index (χ1n) is 6.85. The van der Waals surface area contributed by atoms with Gasteiger partial charge in [-0.1, -0.05) is 6.42 Å². The molecule has 0 heterocycles. The van der Waals surface area contributed by atoms with E-state index in [-0.39, 0.29) is 11.7 Å². The number of carbonyl (C=O) groups is 1. The van der Waals surface area contributed by atoms with E-state index in [2.05, 4.69) is 10.5 Å². The number of fused-ring (bicyclic) bond motifs is 2. The second kappa shape index (κ2) is 5.03. The highest BCUT2D eigenvalue weighted by atomic mass is 16.3. The van der Waals surface area contributed by atoms with Gasteiger partial charge in [-0.05, 0) is 61.3 Å². The van der Waals surface area contributed by atoms with Crippen molar-refractivity contribution in [1.82, 2.24) is 5.43 Å². The SMILES string of the molecule is O=C(NN=CC1CC2CCC1C2)c1ccc(O)cc1. The van der Waals surface area contributed by atoms with Gasteiger partial charge in [0.2, 0.25) is 0 Å². The van der Waals surface area contributed by atoms with Crippen LogP contribution in [-0.4, -0.2) is 17.2 Å². The topological polar surface area (TPSA) is 61.7 Å². The summed E-state index contributed by atoms with van der Waals surface area (Å²) in [5, 5.41) is 13.2. The molecule has 1 aromatic rings. The number of hydrogen-bond acceptors (Lipinski definition) is 3. The molecular formula is C15H18N2O2. The van der Waals surface area contributed by atoms with Crippen LogP contribution in [0.1, 0.15) is 36.0 Å². The Hall–Kier alpha value is -1.84. The number of nitrogens with zero attached hydrogens (tertiary/aromatic N) is 1. The van der Waals surface area contributed by atoms with E-state index in [1.165, 1.54) is 37.8 Å². The van der Waals surface area contributed by atoms with Crippen molar-refractivity contribution in [3.63, 3.8) is 0 Å². The fraction of sp³-hybridized carbons (Fsp3) is 0.467. The molecule has 3 unspecified atom stereocenters. The van der Waals surface area contributed by atoms with Gasteiger partial charge in [-0.25, -0.2) is 5.43 Å². The maximum absolute atomic E-state index is 11.8. The predicted molar refractivity (Wildman–Crippen MR) is 73.0 cm³/mol. The molecule has 3 atom stereocenters. The molecular weight excluding hydrogens is 240 g/mol. The fourth-order valence-corrected chi connectivity index (χ4v) is 3.35. The van der Waals surface area contributed by atoms with Crippen molar-refractivity contribution in [3.8, 4) is 5.75 Å². The molecule has 0 radical (unpaired) electrons. The van der Waals surface area contributed by atoms with Gasteiger partial charge in [-0.15, -0.1) is 0 Å². The largest absolute Gasteiger partial charge is 0.508 e. The quantitative estimate of drug-likeness (QED) is 0.646. The minimum atomic E-state index is -0.237. The Bertz CT molecular complexity index is 495. The first kappa shape index (κ1) is 12.2. The lowest BCUT2D eigenvalue weighted by Gasteiger charge is -2.16. The Morgan fingerprint density at radius 3 is 2.68 bits per heavy atom.